The van der Waals surface area contributed by atoms with Crippen molar-refractivity contribution in [2.24, 2.45) is 5.92 Å². The van der Waals surface area contributed by atoms with Crippen LogP contribution in [-0.4, -0.2) is 36.5 Å². The first-order valence-electron chi connectivity index (χ1n) is 7.83. The molecule has 0 radical (unpaired) electrons. The number of halogens is 1. The Labute approximate surface area is 140 Å². The van der Waals surface area contributed by atoms with Crippen molar-refractivity contribution in [1.82, 2.24) is 16.0 Å². The number of carbonyl (C=O) groups excluding carboxylic acids is 2. The molecule has 0 spiro atoms. The first kappa shape index (κ1) is 20.9. The molecule has 1 heterocycles. The summed E-state index contributed by atoms with van der Waals surface area (Å²) < 4.78 is 0. The van der Waals surface area contributed by atoms with Gasteiger partial charge in [0.2, 0.25) is 11.8 Å². The zero-order valence-corrected chi connectivity index (χ0v) is 14.7. The molecule has 2 amide bonds. The summed E-state index contributed by atoms with van der Waals surface area (Å²) in [6.45, 7) is 10.9. The zero-order chi connectivity index (χ0) is 15.9. The molecule has 0 aromatic heterocycles. The number of hydrogen-bond acceptors (Lipinski definition) is 3. The summed E-state index contributed by atoms with van der Waals surface area (Å²) in [4.78, 5) is 24.6. The second kappa shape index (κ2) is 9.85. The van der Waals surface area contributed by atoms with Crippen molar-refractivity contribution in [3.63, 3.8) is 0 Å². The van der Waals surface area contributed by atoms with Crippen molar-refractivity contribution in [3.8, 4) is 0 Å². The molecule has 0 bridgehead atoms. The van der Waals surface area contributed by atoms with Crippen LogP contribution >= 0.6 is 12.4 Å². The molecule has 22 heavy (non-hydrogen) atoms. The highest BCUT2D eigenvalue weighted by molar-refractivity contribution is 5.91. The molecule has 1 aliphatic heterocycles. The smallest absolute Gasteiger partial charge is 0.246 e. The maximum absolute atomic E-state index is 12.8. The van der Waals surface area contributed by atoms with E-state index in [9.17, 15) is 9.59 Å². The predicted octanol–water partition coefficient (Wildman–Crippen LogP) is 1.77. The monoisotopic (exact) mass is 331 g/mol. The van der Waals surface area contributed by atoms with E-state index in [2.05, 4.69) is 22.5 Å². The SMILES string of the molecule is C=CCCC(NC(C)=O)(C(=O)NC(C)C)C1CCNCC1.Cl. The van der Waals surface area contributed by atoms with Gasteiger partial charge in [0, 0.05) is 13.0 Å². The van der Waals surface area contributed by atoms with Gasteiger partial charge in [0.25, 0.3) is 0 Å². The van der Waals surface area contributed by atoms with Crippen LogP contribution in [0.1, 0.15) is 46.5 Å². The van der Waals surface area contributed by atoms with Crippen LogP contribution in [0.25, 0.3) is 0 Å². The van der Waals surface area contributed by atoms with Gasteiger partial charge in [0.15, 0.2) is 0 Å². The Bertz CT molecular complexity index is 382. The summed E-state index contributed by atoms with van der Waals surface area (Å²) >= 11 is 0. The summed E-state index contributed by atoms with van der Waals surface area (Å²) in [5, 5.41) is 9.27. The van der Waals surface area contributed by atoms with Crippen LogP contribution in [-0.2, 0) is 9.59 Å². The lowest BCUT2D eigenvalue weighted by Gasteiger charge is -2.42. The van der Waals surface area contributed by atoms with E-state index in [4.69, 9.17) is 0 Å². The number of carbonyl (C=O) groups is 2. The van der Waals surface area contributed by atoms with Crippen LogP contribution in [0, 0.1) is 5.92 Å². The Balaban J connectivity index is 0.00000441. The van der Waals surface area contributed by atoms with Crippen LogP contribution in [0.4, 0.5) is 0 Å². The molecule has 1 fully saturated rings. The van der Waals surface area contributed by atoms with Gasteiger partial charge in [-0.15, -0.1) is 19.0 Å². The van der Waals surface area contributed by atoms with E-state index in [1.54, 1.807) is 6.08 Å². The van der Waals surface area contributed by atoms with Crippen LogP contribution in [0.5, 0.6) is 0 Å². The van der Waals surface area contributed by atoms with Crippen molar-refractivity contribution in [1.29, 1.82) is 0 Å². The van der Waals surface area contributed by atoms with Crippen LogP contribution < -0.4 is 16.0 Å². The Morgan fingerprint density at radius 1 is 1.36 bits per heavy atom. The molecule has 128 valence electrons. The normalized spacial score (nSPS) is 18.0. The number of piperidine rings is 1. The quantitative estimate of drug-likeness (QED) is 0.623. The highest BCUT2D eigenvalue weighted by atomic mass is 35.5. The highest BCUT2D eigenvalue weighted by Gasteiger charge is 2.45. The number of hydrogen-bond donors (Lipinski definition) is 3. The van der Waals surface area contributed by atoms with E-state index in [0.717, 1.165) is 25.9 Å². The average Bonchev–Trinajstić information content (AvgIpc) is 2.43. The topological polar surface area (TPSA) is 70.2 Å². The van der Waals surface area contributed by atoms with Gasteiger partial charge in [0.05, 0.1) is 0 Å². The van der Waals surface area contributed by atoms with Gasteiger partial charge >= 0.3 is 0 Å². The van der Waals surface area contributed by atoms with E-state index in [0.29, 0.717) is 12.8 Å². The summed E-state index contributed by atoms with van der Waals surface area (Å²) in [5.74, 6) is -0.0701. The predicted molar refractivity (Wildman–Crippen MR) is 92.1 cm³/mol. The van der Waals surface area contributed by atoms with Gasteiger partial charge in [-0.3, -0.25) is 9.59 Å². The van der Waals surface area contributed by atoms with Gasteiger partial charge in [0.1, 0.15) is 5.54 Å². The average molecular weight is 332 g/mol. The van der Waals surface area contributed by atoms with Crippen molar-refractivity contribution in [2.75, 3.05) is 13.1 Å². The second-order valence-electron chi connectivity index (χ2n) is 6.13. The third-order valence-electron chi connectivity index (χ3n) is 4.00. The lowest BCUT2D eigenvalue weighted by molar-refractivity contribution is -0.136. The minimum atomic E-state index is -0.827. The van der Waals surface area contributed by atoms with Crippen LogP contribution in [0.3, 0.4) is 0 Å². The number of nitrogens with one attached hydrogen (secondary N) is 3. The van der Waals surface area contributed by atoms with Gasteiger partial charge in [-0.05, 0) is 58.5 Å². The van der Waals surface area contributed by atoms with Crippen LogP contribution in [0.15, 0.2) is 12.7 Å². The minimum absolute atomic E-state index is 0. The molecular weight excluding hydrogens is 302 g/mol. The minimum Gasteiger partial charge on any atom is -0.352 e. The third-order valence-corrected chi connectivity index (χ3v) is 4.00. The molecule has 1 aliphatic rings. The van der Waals surface area contributed by atoms with Crippen molar-refractivity contribution < 1.29 is 9.59 Å². The van der Waals surface area contributed by atoms with Crippen molar-refractivity contribution >= 4 is 24.2 Å². The Hall–Kier alpha value is -1.07. The second-order valence-corrected chi connectivity index (χ2v) is 6.13. The molecule has 0 aromatic carbocycles. The fourth-order valence-corrected chi connectivity index (χ4v) is 3.07. The van der Waals surface area contributed by atoms with Crippen molar-refractivity contribution in [3.05, 3.63) is 12.7 Å². The van der Waals surface area contributed by atoms with Gasteiger partial charge in [-0.25, -0.2) is 0 Å². The zero-order valence-electron chi connectivity index (χ0n) is 13.9. The molecule has 5 nitrogen and oxygen atoms in total. The lowest BCUT2D eigenvalue weighted by atomic mass is 9.74. The number of amides is 2. The molecule has 0 aromatic rings. The van der Waals surface area contributed by atoms with E-state index < -0.39 is 5.54 Å². The first-order chi connectivity index (χ1) is 9.92. The molecule has 6 heteroatoms. The molecule has 1 rings (SSSR count). The molecular formula is C16H30ClN3O2. The molecule has 3 N–H and O–H groups in total. The van der Waals surface area contributed by atoms with E-state index >= 15 is 0 Å². The van der Waals surface area contributed by atoms with Gasteiger partial charge in [-0.1, -0.05) is 6.08 Å². The Kier molecular flexibility index (Phi) is 9.37. The Morgan fingerprint density at radius 3 is 2.41 bits per heavy atom. The molecule has 1 unspecified atom stereocenters. The third kappa shape index (κ3) is 5.61. The number of allylic oxidation sites excluding steroid dienone is 1. The van der Waals surface area contributed by atoms with E-state index in [1.165, 1.54) is 6.92 Å². The summed E-state index contributed by atoms with van der Waals surface area (Å²) in [7, 11) is 0. The lowest BCUT2D eigenvalue weighted by Crippen LogP contribution is -2.64. The Morgan fingerprint density at radius 2 is 1.95 bits per heavy atom. The van der Waals surface area contributed by atoms with Gasteiger partial charge < -0.3 is 16.0 Å². The maximum Gasteiger partial charge on any atom is 0.246 e. The van der Waals surface area contributed by atoms with Crippen LogP contribution in [0.2, 0.25) is 0 Å². The van der Waals surface area contributed by atoms with Crippen molar-refractivity contribution in [2.45, 2.75) is 58.0 Å². The van der Waals surface area contributed by atoms with E-state index in [1.807, 2.05) is 13.8 Å². The molecule has 1 saturated heterocycles. The first-order valence-corrected chi connectivity index (χ1v) is 7.83. The summed E-state index contributed by atoms with van der Waals surface area (Å²) in [6.07, 6.45) is 4.89. The molecule has 0 saturated carbocycles. The van der Waals surface area contributed by atoms with E-state index in [-0.39, 0.29) is 36.2 Å². The number of rotatable bonds is 7. The fraction of sp³-hybridized carbons (Fsp3) is 0.750. The molecule has 0 aliphatic carbocycles. The highest BCUT2D eigenvalue weighted by Crippen LogP contribution is 2.31. The summed E-state index contributed by atoms with van der Waals surface area (Å²) in [5.41, 5.74) is -0.827. The molecule has 1 atom stereocenters. The summed E-state index contributed by atoms with van der Waals surface area (Å²) in [6, 6.07) is 0.0519. The largest absolute Gasteiger partial charge is 0.352 e. The van der Waals surface area contributed by atoms with Gasteiger partial charge in [-0.2, -0.15) is 0 Å². The fourth-order valence-electron chi connectivity index (χ4n) is 3.07. The maximum atomic E-state index is 12.8. The standard InChI is InChI=1S/C16H29N3O2.ClH/c1-5-6-9-16(19-13(4)20,15(21)18-12(2)3)14-7-10-17-11-8-14;/h5,12,14,17H,1,6-11H2,2-4H3,(H,18,21)(H,19,20);1H.